The number of rotatable bonds is 7. The largest absolute Gasteiger partial charge is 0.381 e. The highest BCUT2D eigenvalue weighted by Crippen LogP contribution is 2.17. The molecule has 150 valence electrons. The van der Waals surface area contributed by atoms with Crippen LogP contribution < -0.4 is 5.32 Å². The van der Waals surface area contributed by atoms with Gasteiger partial charge in [0.2, 0.25) is 0 Å². The molecule has 2 aliphatic rings. The maximum Gasteiger partial charge on any atom is 0.193 e. The van der Waals surface area contributed by atoms with E-state index in [4.69, 9.17) is 9.73 Å². The van der Waals surface area contributed by atoms with Crippen molar-refractivity contribution in [3.8, 4) is 0 Å². The van der Waals surface area contributed by atoms with Gasteiger partial charge in [-0.2, -0.15) is 0 Å². The third-order valence-electron chi connectivity index (χ3n) is 5.61. The lowest BCUT2D eigenvalue weighted by Gasteiger charge is -2.27. The van der Waals surface area contributed by atoms with E-state index in [0.717, 1.165) is 51.8 Å². The van der Waals surface area contributed by atoms with Crippen LogP contribution >= 0.6 is 0 Å². The molecule has 0 aromatic heterocycles. The lowest BCUT2D eigenvalue weighted by molar-refractivity contribution is 0.181. The lowest BCUT2D eigenvalue weighted by atomic mass is 10.1. The van der Waals surface area contributed by atoms with Crippen molar-refractivity contribution in [1.82, 2.24) is 15.1 Å². The van der Waals surface area contributed by atoms with Crippen LogP contribution in [0.5, 0.6) is 0 Å². The molecule has 1 N–H and O–H groups in total. The van der Waals surface area contributed by atoms with Gasteiger partial charge in [-0.25, -0.2) is 4.99 Å². The van der Waals surface area contributed by atoms with Gasteiger partial charge in [0.15, 0.2) is 5.96 Å². The van der Waals surface area contributed by atoms with E-state index in [1.807, 2.05) is 0 Å². The number of benzene rings is 1. The second-order valence-electron chi connectivity index (χ2n) is 7.89. The van der Waals surface area contributed by atoms with E-state index in [1.54, 1.807) is 0 Å². The standard InChI is InChI=1S/C22H36N4O/c1-3-23-22(25(2)16-19-11-14-27-18-19)24-15-20-9-5-6-10-21(20)17-26-12-7-4-8-13-26/h5-6,9-10,19H,3-4,7-8,11-18H2,1-2H3,(H,23,24). The van der Waals surface area contributed by atoms with Crippen molar-refractivity contribution in [2.45, 2.75) is 45.7 Å². The summed E-state index contributed by atoms with van der Waals surface area (Å²) in [6.45, 7) is 10.0. The van der Waals surface area contributed by atoms with Crippen LogP contribution in [-0.4, -0.2) is 62.2 Å². The molecule has 2 heterocycles. The molecule has 2 saturated heterocycles. The van der Waals surface area contributed by atoms with Crippen molar-refractivity contribution in [3.63, 3.8) is 0 Å². The summed E-state index contributed by atoms with van der Waals surface area (Å²) >= 11 is 0. The zero-order valence-corrected chi connectivity index (χ0v) is 17.1. The Bertz CT molecular complexity index is 592. The zero-order chi connectivity index (χ0) is 18.9. The van der Waals surface area contributed by atoms with Gasteiger partial charge in [0.25, 0.3) is 0 Å². The molecule has 27 heavy (non-hydrogen) atoms. The van der Waals surface area contributed by atoms with Gasteiger partial charge in [0.1, 0.15) is 0 Å². The minimum atomic E-state index is 0.616. The normalized spacial score (nSPS) is 21.4. The van der Waals surface area contributed by atoms with E-state index in [0.29, 0.717) is 5.92 Å². The Kier molecular flexibility index (Phi) is 7.96. The predicted octanol–water partition coefficient (Wildman–Crippen LogP) is 3.11. The number of nitrogens with zero attached hydrogens (tertiary/aromatic N) is 3. The van der Waals surface area contributed by atoms with Gasteiger partial charge in [0.05, 0.1) is 13.2 Å². The molecule has 1 aromatic rings. The number of nitrogens with one attached hydrogen (secondary N) is 1. The SMILES string of the molecule is CCNC(=NCc1ccccc1CN1CCCCC1)N(C)CC1CCOC1. The molecule has 0 saturated carbocycles. The maximum atomic E-state index is 5.52. The number of guanidine groups is 1. The van der Waals surface area contributed by atoms with E-state index < -0.39 is 0 Å². The van der Waals surface area contributed by atoms with E-state index in [9.17, 15) is 0 Å². The first-order valence-electron chi connectivity index (χ1n) is 10.6. The van der Waals surface area contributed by atoms with E-state index in [-0.39, 0.29) is 0 Å². The van der Waals surface area contributed by atoms with Crippen LogP contribution in [-0.2, 0) is 17.8 Å². The van der Waals surface area contributed by atoms with Crippen molar-refractivity contribution < 1.29 is 4.74 Å². The predicted molar refractivity (Wildman–Crippen MR) is 112 cm³/mol. The molecule has 0 spiro atoms. The molecule has 2 fully saturated rings. The Balaban J connectivity index is 1.64. The van der Waals surface area contributed by atoms with Crippen molar-refractivity contribution in [2.24, 2.45) is 10.9 Å². The Labute approximate surface area is 164 Å². The number of piperidine rings is 1. The second kappa shape index (κ2) is 10.7. The molecule has 0 amide bonds. The first-order chi connectivity index (χ1) is 13.3. The average molecular weight is 373 g/mol. The van der Waals surface area contributed by atoms with Gasteiger partial charge in [-0.1, -0.05) is 30.7 Å². The number of ether oxygens (including phenoxy) is 1. The molecule has 2 aliphatic heterocycles. The molecule has 5 heteroatoms. The Hall–Kier alpha value is -1.59. The summed E-state index contributed by atoms with van der Waals surface area (Å²) < 4.78 is 5.52. The Morgan fingerprint density at radius 3 is 2.70 bits per heavy atom. The number of likely N-dealkylation sites (tertiary alicyclic amines) is 1. The molecule has 1 aromatic carbocycles. The highest BCUT2D eigenvalue weighted by molar-refractivity contribution is 5.79. The molecule has 0 radical (unpaired) electrons. The maximum absolute atomic E-state index is 5.52. The van der Waals surface area contributed by atoms with E-state index >= 15 is 0 Å². The summed E-state index contributed by atoms with van der Waals surface area (Å²) in [4.78, 5) is 9.80. The van der Waals surface area contributed by atoms with Crippen molar-refractivity contribution in [2.75, 3.05) is 46.4 Å². The summed E-state index contributed by atoms with van der Waals surface area (Å²) in [5, 5.41) is 3.45. The molecule has 0 bridgehead atoms. The highest BCUT2D eigenvalue weighted by Gasteiger charge is 2.19. The topological polar surface area (TPSA) is 40.1 Å². The second-order valence-corrected chi connectivity index (χ2v) is 7.89. The third kappa shape index (κ3) is 6.22. The molecular formula is C22H36N4O. The zero-order valence-electron chi connectivity index (χ0n) is 17.1. The fourth-order valence-corrected chi connectivity index (χ4v) is 4.06. The van der Waals surface area contributed by atoms with Crippen molar-refractivity contribution >= 4 is 5.96 Å². The summed E-state index contributed by atoms with van der Waals surface area (Å²) in [5.74, 6) is 1.61. The third-order valence-corrected chi connectivity index (χ3v) is 5.61. The summed E-state index contributed by atoms with van der Waals surface area (Å²) in [5.41, 5.74) is 2.77. The van der Waals surface area contributed by atoms with Crippen molar-refractivity contribution in [1.29, 1.82) is 0 Å². The molecule has 1 unspecified atom stereocenters. The first-order valence-corrected chi connectivity index (χ1v) is 10.6. The van der Waals surface area contributed by atoms with Crippen LogP contribution in [0.3, 0.4) is 0 Å². The van der Waals surface area contributed by atoms with Crippen LogP contribution in [0.4, 0.5) is 0 Å². The van der Waals surface area contributed by atoms with E-state index in [1.165, 1.54) is 43.5 Å². The fraction of sp³-hybridized carbons (Fsp3) is 0.682. The average Bonchev–Trinajstić information content (AvgIpc) is 3.20. The monoisotopic (exact) mass is 372 g/mol. The first kappa shape index (κ1) is 20.2. The van der Waals surface area contributed by atoms with Gasteiger partial charge in [-0.3, -0.25) is 4.90 Å². The highest BCUT2D eigenvalue weighted by atomic mass is 16.5. The summed E-state index contributed by atoms with van der Waals surface area (Å²) in [6, 6.07) is 8.80. The fourth-order valence-electron chi connectivity index (χ4n) is 4.06. The van der Waals surface area contributed by atoms with Gasteiger partial charge >= 0.3 is 0 Å². The van der Waals surface area contributed by atoms with Crippen LogP contribution in [0.2, 0.25) is 0 Å². The summed E-state index contributed by atoms with van der Waals surface area (Å²) in [7, 11) is 2.14. The van der Waals surface area contributed by atoms with Crippen molar-refractivity contribution in [3.05, 3.63) is 35.4 Å². The van der Waals surface area contributed by atoms with Crippen LogP contribution in [0, 0.1) is 5.92 Å². The molecule has 3 rings (SSSR count). The van der Waals surface area contributed by atoms with Gasteiger partial charge in [-0.15, -0.1) is 0 Å². The Morgan fingerprint density at radius 2 is 2.00 bits per heavy atom. The number of hydrogen-bond acceptors (Lipinski definition) is 3. The van der Waals surface area contributed by atoms with Gasteiger partial charge in [-0.05, 0) is 50.4 Å². The summed E-state index contributed by atoms with van der Waals surface area (Å²) in [6.07, 6.45) is 5.20. The van der Waals surface area contributed by atoms with Crippen LogP contribution in [0.15, 0.2) is 29.3 Å². The van der Waals surface area contributed by atoms with Gasteiger partial charge < -0.3 is 15.0 Å². The number of hydrogen-bond donors (Lipinski definition) is 1. The van der Waals surface area contributed by atoms with Crippen LogP contribution in [0.25, 0.3) is 0 Å². The smallest absolute Gasteiger partial charge is 0.193 e. The molecule has 5 nitrogen and oxygen atoms in total. The molecule has 1 atom stereocenters. The van der Waals surface area contributed by atoms with Crippen LogP contribution in [0.1, 0.15) is 43.7 Å². The molecular weight excluding hydrogens is 336 g/mol. The lowest BCUT2D eigenvalue weighted by Crippen LogP contribution is -2.41. The minimum Gasteiger partial charge on any atom is -0.381 e. The minimum absolute atomic E-state index is 0.616. The van der Waals surface area contributed by atoms with Gasteiger partial charge in [0, 0.05) is 39.2 Å². The molecule has 0 aliphatic carbocycles. The number of aliphatic imine (C=N–C) groups is 1. The Morgan fingerprint density at radius 1 is 1.22 bits per heavy atom. The van der Waals surface area contributed by atoms with E-state index in [2.05, 4.69) is 53.4 Å². The quantitative estimate of drug-likeness (QED) is 0.590.